The van der Waals surface area contributed by atoms with E-state index in [0.717, 1.165) is 53.4 Å². The summed E-state index contributed by atoms with van der Waals surface area (Å²) in [6, 6.07) is 24.2. The van der Waals surface area contributed by atoms with Gasteiger partial charge in [-0.1, -0.05) is 99.7 Å². The highest BCUT2D eigenvalue weighted by atomic mass is 32.1. The van der Waals surface area contributed by atoms with Gasteiger partial charge in [0.25, 0.3) is 11.8 Å². The molecule has 1 fully saturated rings. The van der Waals surface area contributed by atoms with E-state index in [2.05, 4.69) is 41.9 Å². The zero-order valence-corrected chi connectivity index (χ0v) is 24.4. The molecule has 1 aliphatic carbocycles. The molecule has 1 aliphatic heterocycles. The third kappa shape index (κ3) is 4.66. The van der Waals surface area contributed by atoms with Gasteiger partial charge in [0, 0.05) is 10.9 Å². The molecular weight excluding hydrogens is 514 g/mol. The molecule has 2 aromatic carbocycles. The molecule has 1 saturated carbocycles. The van der Waals surface area contributed by atoms with Crippen LogP contribution in [0.2, 0.25) is 0 Å². The van der Waals surface area contributed by atoms with Crippen LogP contribution < -0.4 is 5.32 Å². The van der Waals surface area contributed by atoms with Gasteiger partial charge >= 0.3 is 0 Å². The fraction of sp³-hybridized carbons (Fsp3) is 0.412. The molecule has 2 amide bonds. The molecule has 2 aromatic heterocycles. The lowest BCUT2D eigenvalue weighted by Gasteiger charge is -2.49. The Morgan fingerprint density at radius 1 is 0.975 bits per heavy atom. The van der Waals surface area contributed by atoms with Crippen LogP contribution in [0.25, 0.3) is 10.2 Å². The molecule has 40 heavy (non-hydrogen) atoms. The van der Waals surface area contributed by atoms with Gasteiger partial charge in [0.1, 0.15) is 5.69 Å². The first-order chi connectivity index (χ1) is 19.5. The van der Waals surface area contributed by atoms with E-state index in [0.29, 0.717) is 12.2 Å². The molecule has 208 valence electrons. The fourth-order valence-corrected chi connectivity index (χ4v) is 7.81. The zero-order valence-electron chi connectivity index (χ0n) is 23.6. The number of hydrogen-bond acceptors (Lipinski definition) is 3. The predicted octanol–water partition coefficient (Wildman–Crippen LogP) is 7.61. The number of rotatable bonds is 6. The van der Waals surface area contributed by atoms with Crippen molar-refractivity contribution in [2.45, 2.75) is 89.4 Å². The third-order valence-corrected chi connectivity index (χ3v) is 10.2. The first-order valence-electron chi connectivity index (χ1n) is 14.9. The summed E-state index contributed by atoms with van der Waals surface area (Å²) in [6.07, 6.45) is 8.89. The Labute approximate surface area is 241 Å². The van der Waals surface area contributed by atoms with Gasteiger partial charge in [-0.05, 0) is 49.4 Å². The average Bonchev–Trinajstić information content (AvgIpc) is 3.53. The van der Waals surface area contributed by atoms with Gasteiger partial charge in [0.15, 0.2) is 5.54 Å². The highest BCUT2D eigenvalue weighted by Crippen LogP contribution is 2.45. The standard InChI is InChI=1S/C34H39N3O2S/c1-3-28-21-29-31(40-28)22-30-32(38)37(24(2)25-15-9-7-10-16-25)34(23-36(29)30,26-17-11-8-12-18-26)33(39)35-27-19-13-5-4-6-14-20-27/h7-12,15-18,21-22,24,27H,3-6,13-14,19-20,23H2,1-2H3,(H,35,39)/t24-,34-/m0/s1. The lowest BCUT2D eigenvalue weighted by molar-refractivity contribution is -0.137. The van der Waals surface area contributed by atoms with Crippen molar-refractivity contribution in [2.75, 3.05) is 0 Å². The second kappa shape index (κ2) is 11.2. The van der Waals surface area contributed by atoms with Crippen LogP contribution in [0.15, 0.2) is 72.8 Å². The summed E-state index contributed by atoms with van der Waals surface area (Å²) < 4.78 is 3.23. The molecule has 3 heterocycles. The summed E-state index contributed by atoms with van der Waals surface area (Å²) in [7, 11) is 0. The third-order valence-electron chi connectivity index (χ3n) is 8.96. The van der Waals surface area contributed by atoms with Crippen molar-refractivity contribution in [1.29, 1.82) is 0 Å². The maximum absolute atomic E-state index is 14.9. The first kappa shape index (κ1) is 26.8. The van der Waals surface area contributed by atoms with Crippen molar-refractivity contribution in [1.82, 2.24) is 14.8 Å². The largest absolute Gasteiger partial charge is 0.351 e. The molecule has 0 saturated heterocycles. The number of carbonyl (C=O) groups is 2. The van der Waals surface area contributed by atoms with Crippen molar-refractivity contribution in [3.05, 3.63) is 94.5 Å². The van der Waals surface area contributed by atoms with Gasteiger partial charge in [0.05, 0.1) is 22.8 Å². The van der Waals surface area contributed by atoms with Crippen molar-refractivity contribution in [3.8, 4) is 0 Å². The molecule has 2 atom stereocenters. The molecule has 0 unspecified atom stereocenters. The number of nitrogens with zero attached hydrogens (tertiary/aromatic N) is 2. The monoisotopic (exact) mass is 553 g/mol. The number of amides is 2. The Morgan fingerprint density at radius 3 is 2.30 bits per heavy atom. The van der Waals surface area contributed by atoms with E-state index in [1.165, 1.54) is 24.1 Å². The molecule has 0 radical (unpaired) electrons. The van der Waals surface area contributed by atoms with Crippen LogP contribution in [-0.4, -0.2) is 27.3 Å². The second-order valence-corrected chi connectivity index (χ2v) is 12.6. The highest BCUT2D eigenvalue weighted by molar-refractivity contribution is 7.19. The molecule has 2 aliphatic rings. The van der Waals surface area contributed by atoms with E-state index in [1.54, 1.807) is 11.3 Å². The summed E-state index contributed by atoms with van der Waals surface area (Å²) in [5, 5.41) is 3.50. The number of aromatic nitrogens is 1. The van der Waals surface area contributed by atoms with Gasteiger partial charge in [-0.25, -0.2) is 0 Å². The van der Waals surface area contributed by atoms with Crippen LogP contribution in [0, 0.1) is 0 Å². The second-order valence-electron chi connectivity index (χ2n) is 11.4. The number of aryl methyl sites for hydroxylation is 1. The van der Waals surface area contributed by atoms with Crippen molar-refractivity contribution in [2.24, 2.45) is 0 Å². The lowest BCUT2D eigenvalue weighted by Crippen LogP contribution is -2.64. The molecule has 1 N–H and O–H groups in total. The van der Waals surface area contributed by atoms with Gasteiger partial charge < -0.3 is 14.8 Å². The summed E-state index contributed by atoms with van der Waals surface area (Å²) in [5.41, 5.74) is 2.40. The topological polar surface area (TPSA) is 54.3 Å². The molecule has 0 spiro atoms. The maximum Gasteiger partial charge on any atom is 0.272 e. The van der Waals surface area contributed by atoms with E-state index in [-0.39, 0.29) is 23.9 Å². The van der Waals surface area contributed by atoms with E-state index in [4.69, 9.17) is 0 Å². The van der Waals surface area contributed by atoms with E-state index < -0.39 is 5.54 Å². The summed E-state index contributed by atoms with van der Waals surface area (Å²) in [6.45, 7) is 4.61. The van der Waals surface area contributed by atoms with Gasteiger partial charge in [-0.15, -0.1) is 11.3 Å². The fourth-order valence-electron chi connectivity index (χ4n) is 6.77. The van der Waals surface area contributed by atoms with Crippen LogP contribution in [0.3, 0.4) is 0 Å². The number of hydrogen-bond donors (Lipinski definition) is 1. The molecule has 6 heteroatoms. The van der Waals surface area contributed by atoms with Crippen LogP contribution in [0.1, 0.15) is 91.3 Å². The van der Waals surface area contributed by atoms with Crippen molar-refractivity contribution in [3.63, 3.8) is 0 Å². The average molecular weight is 554 g/mol. The minimum atomic E-state index is -1.19. The Kier molecular flexibility index (Phi) is 7.54. The number of nitrogens with one attached hydrogen (secondary N) is 1. The maximum atomic E-state index is 14.9. The smallest absolute Gasteiger partial charge is 0.272 e. The minimum Gasteiger partial charge on any atom is -0.351 e. The Hall–Kier alpha value is -3.38. The van der Waals surface area contributed by atoms with Gasteiger partial charge in [-0.2, -0.15) is 0 Å². The molecule has 5 nitrogen and oxygen atoms in total. The van der Waals surface area contributed by atoms with Crippen molar-refractivity contribution < 1.29 is 9.59 Å². The summed E-state index contributed by atoms with van der Waals surface area (Å²) >= 11 is 1.74. The van der Waals surface area contributed by atoms with Crippen molar-refractivity contribution >= 4 is 33.4 Å². The first-order valence-corrected chi connectivity index (χ1v) is 15.7. The summed E-state index contributed by atoms with van der Waals surface area (Å²) in [4.78, 5) is 32.7. The van der Waals surface area contributed by atoms with Crippen LogP contribution in [0.4, 0.5) is 0 Å². The Bertz CT molecular complexity index is 1480. The highest BCUT2D eigenvalue weighted by Gasteiger charge is 2.54. The van der Waals surface area contributed by atoms with Gasteiger partial charge in [-0.3, -0.25) is 9.59 Å². The van der Waals surface area contributed by atoms with Crippen LogP contribution in [0.5, 0.6) is 0 Å². The minimum absolute atomic E-state index is 0.0705. The number of carbonyl (C=O) groups excluding carboxylic acids is 2. The van der Waals surface area contributed by atoms with E-state index in [1.807, 2.05) is 59.5 Å². The number of fused-ring (bicyclic) bond motifs is 3. The quantitative estimate of drug-likeness (QED) is 0.267. The van der Waals surface area contributed by atoms with Crippen LogP contribution in [-0.2, 0) is 23.3 Å². The molecule has 4 aromatic rings. The molecule has 6 rings (SSSR count). The number of benzene rings is 2. The Balaban J connectivity index is 1.53. The molecule has 0 bridgehead atoms. The zero-order chi connectivity index (χ0) is 27.7. The summed E-state index contributed by atoms with van der Waals surface area (Å²) in [5.74, 6) is -0.167. The van der Waals surface area contributed by atoms with Crippen LogP contribution >= 0.6 is 11.3 Å². The Morgan fingerprint density at radius 2 is 1.62 bits per heavy atom. The predicted molar refractivity (Wildman–Crippen MR) is 163 cm³/mol. The van der Waals surface area contributed by atoms with E-state index in [9.17, 15) is 9.59 Å². The SMILES string of the molecule is CCc1cc2c(cc3n2C[C@@](C(=O)NC2CCCCCCC2)(c2ccccc2)N([C@@H](C)c2ccccc2)C3=O)s1. The number of thiophene rings is 1. The molecular formula is C34H39N3O2S. The lowest BCUT2D eigenvalue weighted by atomic mass is 9.82. The van der Waals surface area contributed by atoms with Gasteiger partial charge in [0.2, 0.25) is 0 Å². The van der Waals surface area contributed by atoms with E-state index >= 15 is 0 Å². The normalized spacial score (nSPS) is 21.1.